The molecule has 0 radical (unpaired) electrons. The molecule has 2 heterocycles. The number of aliphatic imine (C=N–C) groups is 2. The van der Waals surface area contributed by atoms with Gasteiger partial charge in [-0.2, -0.15) is 4.99 Å². The summed E-state index contributed by atoms with van der Waals surface area (Å²) >= 11 is 7.22. The lowest BCUT2D eigenvalue weighted by molar-refractivity contribution is -0.599. The summed E-state index contributed by atoms with van der Waals surface area (Å²) < 4.78 is 6.00. The van der Waals surface area contributed by atoms with Crippen molar-refractivity contribution in [1.82, 2.24) is 0 Å². The van der Waals surface area contributed by atoms with E-state index >= 15 is 0 Å². The minimum Gasteiger partial charge on any atom is -0.489 e. The van der Waals surface area contributed by atoms with E-state index in [1.54, 1.807) is 12.4 Å². The number of quaternary nitrogens is 1. The number of rotatable bonds is 5. The van der Waals surface area contributed by atoms with Crippen LogP contribution >= 0.6 is 11.8 Å². The summed E-state index contributed by atoms with van der Waals surface area (Å²) in [7, 11) is 0. The molecule has 0 saturated heterocycles. The Balaban J connectivity index is 1.42. The van der Waals surface area contributed by atoms with E-state index in [1.165, 1.54) is 0 Å². The third-order valence-corrected chi connectivity index (χ3v) is 6.51. The number of hydrogen-bond donors (Lipinski definition) is 0. The van der Waals surface area contributed by atoms with Crippen molar-refractivity contribution < 1.29 is 8.74 Å². The lowest BCUT2D eigenvalue weighted by Gasteiger charge is -2.23. The zero-order valence-corrected chi connectivity index (χ0v) is 19.1. The van der Waals surface area contributed by atoms with E-state index in [2.05, 4.69) is 35.3 Å². The molecule has 0 spiro atoms. The Labute approximate surface area is 203 Å². The lowest BCUT2D eigenvalue weighted by Crippen LogP contribution is -2.37. The predicted molar refractivity (Wildman–Crippen MR) is 138 cm³/mol. The van der Waals surface area contributed by atoms with Crippen LogP contribution in [0.3, 0.4) is 0 Å². The quantitative estimate of drug-likeness (QED) is 0.292. The average Bonchev–Trinajstić information content (AvgIpc) is 3.21. The summed E-state index contributed by atoms with van der Waals surface area (Å²) in [5, 5.41) is 2.28. The van der Waals surface area contributed by atoms with Gasteiger partial charge in [0, 0.05) is 5.56 Å². The summed E-state index contributed by atoms with van der Waals surface area (Å²) in [6, 6.07) is 32.6. The van der Waals surface area contributed by atoms with E-state index in [0.717, 1.165) is 44.6 Å². The fraction of sp³-hybridized carbons (Fsp3) is 0.0345. The Morgan fingerprint density at radius 2 is 1.62 bits per heavy atom. The molecule has 0 amide bonds. The van der Waals surface area contributed by atoms with Gasteiger partial charge in [0.2, 0.25) is 5.70 Å². The third kappa shape index (κ3) is 3.54. The molecular weight excluding hydrogens is 442 g/mol. The molecule has 0 fully saturated rings. The van der Waals surface area contributed by atoms with Crippen molar-refractivity contribution in [2.75, 3.05) is 0 Å². The molecule has 164 valence electrons. The SMILES string of the molecule is Cl[N+]12C=CN=CC1=C(c1cccc3ccccc13)N=C2c1cccc(OCc2ccccc2)c1. The Bertz CT molecular complexity index is 1520. The normalized spacial score (nSPS) is 18.8. The number of halogens is 1. The Morgan fingerprint density at radius 1 is 0.824 bits per heavy atom. The molecule has 1 atom stereocenters. The van der Waals surface area contributed by atoms with Crippen LogP contribution in [0.4, 0.5) is 0 Å². The highest BCUT2D eigenvalue weighted by Gasteiger charge is 2.46. The van der Waals surface area contributed by atoms with Gasteiger partial charge in [0.25, 0.3) is 5.84 Å². The van der Waals surface area contributed by atoms with Gasteiger partial charge in [-0.15, -0.1) is 4.00 Å². The first-order valence-corrected chi connectivity index (χ1v) is 11.4. The molecule has 2 aliphatic heterocycles. The van der Waals surface area contributed by atoms with Crippen molar-refractivity contribution in [2.45, 2.75) is 6.61 Å². The van der Waals surface area contributed by atoms with Gasteiger partial charge in [-0.1, -0.05) is 78.9 Å². The largest absolute Gasteiger partial charge is 0.489 e. The minimum absolute atomic E-state index is 0.0653. The summed E-state index contributed by atoms with van der Waals surface area (Å²) in [5.74, 6) is 1.48. The number of hydrogen-bond acceptors (Lipinski definition) is 3. The van der Waals surface area contributed by atoms with Crippen molar-refractivity contribution in [3.05, 3.63) is 132 Å². The number of benzene rings is 4. The number of fused-ring (bicyclic) bond motifs is 2. The molecule has 4 nitrogen and oxygen atoms in total. The van der Waals surface area contributed by atoms with Crippen LogP contribution in [-0.4, -0.2) is 16.1 Å². The van der Waals surface area contributed by atoms with Crippen LogP contribution in [0.25, 0.3) is 16.5 Å². The van der Waals surface area contributed by atoms with Gasteiger partial charge in [0.05, 0.1) is 18.0 Å². The van der Waals surface area contributed by atoms with E-state index in [-0.39, 0.29) is 4.00 Å². The molecule has 1 unspecified atom stereocenters. The molecule has 0 bridgehead atoms. The van der Waals surface area contributed by atoms with Crippen molar-refractivity contribution in [2.24, 2.45) is 9.98 Å². The zero-order chi connectivity index (χ0) is 23.0. The summed E-state index contributed by atoms with van der Waals surface area (Å²) in [5.41, 5.74) is 4.69. The van der Waals surface area contributed by atoms with Crippen molar-refractivity contribution in [3.8, 4) is 5.75 Å². The molecule has 34 heavy (non-hydrogen) atoms. The highest BCUT2D eigenvalue weighted by molar-refractivity contribution is 6.23. The highest BCUT2D eigenvalue weighted by atomic mass is 35.5. The summed E-state index contributed by atoms with van der Waals surface area (Å²) in [6.45, 7) is 0.495. The number of ether oxygens (including phenoxy) is 1. The number of allylic oxidation sites excluding steroid dienone is 1. The number of amidine groups is 1. The molecule has 0 saturated carbocycles. The van der Waals surface area contributed by atoms with Crippen molar-refractivity contribution in [1.29, 1.82) is 0 Å². The first kappa shape index (κ1) is 20.6. The fourth-order valence-corrected chi connectivity index (χ4v) is 4.70. The van der Waals surface area contributed by atoms with E-state index in [9.17, 15) is 0 Å². The van der Waals surface area contributed by atoms with Crippen molar-refractivity contribution in [3.63, 3.8) is 0 Å². The molecule has 5 heteroatoms. The van der Waals surface area contributed by atoms with E-state index in [0.29, 0.717) is 12.4 Å². The third-order valence-electron chi connectivity index (χ3n) is 6.06. The summed E-state index contributed by atoms with van der Waals surface area (Å²) in [6.07, 6.45) is 5.37. The fourth-order valence-electron chi connectivity index (χ4n) is 4.39. The van der Waals surface area contributed by atoms with Crippen LogP contribution in [0.5, 0.6) is 5.75 Å². The lowest BCUT2D eigenvalue weighted by atomic mass is 10.0. The Hall–Kier alpha value is -3.99. The molecule has 4 aromatic rings. The second-order valence-electron chi connectivity index (χ2n) is 8.21. The molecule has 0 aliphatic carbocycles. The van der Waals surface area contributed by atoms with E-state index in [4.69, 9.17) is 21.5 Å². The minimum atomic E-state index is -0.0653. The maximum Gasteiger partial charge on any atom is 0.264 e. The first-order chi connectivity index (χ1) is 16.7. The van der Waals surface area contributed by atoms with Gasteiger partial charge in [-0.05, 0) is 34.5 Å². The monoisotopic (exact) mass is 462 g/mol. The summed E-state index contributed by atoms with van der Waals surface area (Å²) in [4.78, 5) is 9.46. The van der Waals surface area contributed by atoms with Crippen LogP contribution in [0.15, 0.2) is 125 Å². The molecule has 4 aromatic carbocycles. The highest BCUT2D eigenvalue weighted by Crippen LogP contribution is 2.42. The topological polar surface area (TPSA) is 34.0 Å². The molecule has 2 aliphatic rings. The molecule has 6 rings (SSSR count). The van der Waals surface area contributed by atoms with Gasteiger partial charge >= 0.3 is 0 Å². The van der Waals surface area contributed by atoms with Gasteiger partial charge < -0.3 is 4.74 Å². The van der Waals surface area contributed by atoms with Crippen LogP contribution in [-0.2, 0) is 6.61 Å². The second kappa shape index (κ2) is 8.41. The van der Waals surface area contributed by atoms with E-state index < -0.39 is 0 Å². The second-order valence-corrected chi connectivity index (χ2v) is 8.74. The van der Waals surface area contributed by atoms with Crippen LogP contribution in [0.2, 0.25) is 0 Å². The maximum atomic E-state index is 7.22. The Morgan fingerprint density at radius 3 is 2.53 bits per heavy atom. The molecular formula is C29H21ClN3O+. The molecule has 0 N–H and O–H groups in total. The molecule has 0 aromatic heterocycles. The standard InChI is InChI=1S/C29H21ClN3O/c30-33-17-16-31-19-27(33)28(26-15-7-11-22-10-4-5-14-25(22)26)32-29(33)23-12-6-13-24(18-23)34-20-21-8-2-1-3-9-21/h1-19H,20H2/q+1. The predicted octanol–water partition coefficient (Wildman–Crippen LogP) is 7.07. The van der Waals surface area contributed by atoms with Crippen LogP contribution in [0.1, 0.15) is 16.7 Å². The number of nitrogens with zero attached hydrogens (tertiary/aromatic N) is 3. The van der Waals surface area contributed by atoms with Crippen LogP contribution in [0, 0.1) is 0 Å². The van der Waals surface area contributed by atoms with E-state index in [1.807, 2.05) is 72.9 Å². The van der Waals surface area contributed by atoms with Gasteiger partial charge in [0.1, 0.15) is 24.3 Å². The first-order valence-electron chi connectivity index (χ1n) is 11.1. The maximum absolute atomic E-state index is 7.22. The zero-order valence-electron chi connectivity index (χ0n) is 18.3. The van der Waals surface area contributed by atoms with Gasteiger partial charge in [-0.25, -0.2) is 0 Å². The van der Waals surface area contributed by atoms with Crippen LogP contribution < -0.4 is 4.74 Å². The van der Waals surface area contributed by atoms with Gasteiger partial charge in [0.15, 0.2) is 11.8 Å². The van der Waals surface area contributed by atoms with Crippen molar-refractivity contribution >= 4 is 40.3 Å². The smallest absolute Gasteiger partial charge is 0.264 e. The Kier molecular flexibility index (Phi) is 5.10. The van der Waals surface area contributed by atoms with Gasteiger partial charge in [-0.3, -0.25) is 4.99 Å². The average molecular weight is 463 g/mol.